The summed E-state index contributed by atoms with van der Waals surface area (Å²) in [6.45, 7) is 6.29. The Balaban J connectivity index is 3.30. The van der Waals surface area contributed by atoms with Gasteiger partial charge < -0.3 is 5.11 Å². The van der Waals surface area contributed by atoms with E-state index in [0.717, 1.165) is 18.8 Å². The summed E-state index contributed by atoms with van der Waals surface area (Å²) in [5.74, 6) is 0.736. The first-order chi connectivity index (χ1) is 4.54. The molecule has 0 aromatic heterocycles. The maximum absolute atomic E-state index is 8.98. The second kappa shape index (κ2) is 5.35. The van der Waals surface area contributed by atoms with Gasteiger partial charge in [-0.2, -0.15) is 0 Å². The fraction of sp³-hybridized carbons (Fsp3) is 1.00. The van der Waals surface area contributed by atoms with Crippen LogP contribution in [-0.4, -0.2) is 15.1 Å². The van der Waals surface area contributed by atoms with Gasteiger partial charge in [-0.25, -0.2) is 0 Å². The summed E-state index contributed by atoms with van der Waals surface area (Å²) < 4.78 is 0.715. The Morgan fingerprint density at radius 2 is 1.70 bits per heavy atom. The smallest absolute Gasteiger partial charge is 0.0512 e. The Labute approximate surface area is 77.3 Å². The van der Waals surface area contributed by atoms with E-state index in [0.29, 0.717) is 3.92 Å². The third-order valence-corrected chi connectivity index (χ3v) is 3.64. The van der Waals surface area contributed by atoms with Gasteiger partial charge in [-0.15, -0.1) is 0 Å². The summed E-state index contributed by atoms with van der Waals surface area (Å²) in [4.78, 5) is 0. The van der Waals surface area contributed by atoms with Crippen molar-refractivity contribution in [3.05, 3.63) is 0 Å². The number of aliphatic hydroxyl groups is 1. The molecule has 0 aliphatic carbocycles. The van der Waals surface area contributed by atoms with Crippen LogP contribution < -0.4 is 0 Å². The molecule has 0 aromatic carbocycles. The minimum atomic E-state index is -0.129. The topological polar surface area (TPSA) is 20.2 Å². The van der Waals surface area contributed by atoms with Crippen LogP contribution in [0.4, 0.5) is 0 Å². The largest absolute Gasteiger partial charge is 0.393 e. The van der Waals surface area contributed by atoms with Crippen molar-refractivity contribution in [2.45, 2.75) is 43.6 Å². The third-order valence-electron chi connectivity index (χ3n) is 1.58. The number of hydrogen-bond donors (Lipinski definition) is 1. The molecule has 2 atom stereocenters. The Hall–Kier alpha value is 0.690. The molecule has 0 spiro atoms. The first-order valence-electron chi connectivity index (χ1n) is 3.86. The van der Waals surface area contributed by atoms with Gasteiger partial charge in [0.25, 0.3) is 0 Å². The van der Waals surface area contributed by atoms with Crippen molar-refractivity contribution in [1.82, 2.24) is 0 Å². The predicted octanol–water partition coefficient (Wildman–Crippen LogP) is 2.61. The highest BCUT2D eigenvalue weighted by molar-refractivity contribution is 14.1. The highest BCUT2D eigenvalue weighted by Crippen LogP contribution is 2.18. The highest BCUT2D eigenvalue weighted by Gasteiger charge is 2.09. The van der Waals surface area contributed by atoms with E-state index in [1.54, 1.807) is 0 Å². The number of rotatable bonds is 4. The number of hydrogen-bond acceptors (Lipinski definition) is 1. The van der Waals surface area contributed by atoms with Crippen molar-refractivity contribution in [3.63, 3.8) is 0 Å². The van der Waals surface area contributed by atoms with Crippen LogP contribution in [0.2, 0.25) is 0 Å². The molecule has 0 heterocycles. The van der Waals surface area contributed by atoms with E-state index >= 15 is 0 Å². The van der Waals surface area contributed by atoms with Crippen LogP contribution in [0.3, 0.4) is 0 Å². The van der Waals surface area contributed by atoms with Gasteiger partial charge in [-0.3, -0.25) is 0 Å². The predicted molar refractivity (Wildman–Crippen MR) is 53.6 cm³/mol. The Morgan fingerprint density at radius 1 is 1.20 bits per heavy atom. The molecule has 0 amide bonds. The Bertz CT molecular complexity index is 81.3. The van der Waals surface area contributed by atoms with Gasteiger partial charge in [-0.1, -0.05) is 36.4 Å². The zero-order valence-electron chi connectivity index (χ0n) is 6.97. The quantitative estimate of drug-likeness (QED) is 0.605. The molecule has 1 nitrogen and oxygen atoms in total. The van der Waals surface area contributed by atoms with E-state index in [1.807, 2.05) is 6.92 Å². The fourth-order valence-corrected chi connectivity index (χ4v) is 1.09. The minimum absolute atomic E-state index is 0.129. The molecule has 0 rings (SSSR count). The summed E-state index contributed by atoms with van der Waals surface area (Å²) >= 11 is 2.45. The van der Waals surface area contributed by atoms with Gasteiger partial charge in [0.1, 0.15) is 0 Å². The van der Waals surface area contributed by atoms with E-state index in [4.69, 9.17) is 5.11 Å². The third kappa shape index (κ3) is 5.47. The van der Waals surface area contributed by atoms with E-state index in [2.05, 4.69) is 36.4 Å². The second-order valence-corrected chi connectivity index (χ2v) is 4.79. The zero-order valence-corrected chi connectivity index (χ0v) is 9.13. The first-order valence-corrected chi connectivity index (χ1v) is 5.10. The lowest BCUT2D eigenvalue weighted by Gasteiger charge is -2.13. The molecule has 0 saturated heterocycles. The van der Waals surface area contributed by atoms with Crippen LogP contribution in [0.5, 0.6) is 0 Å². The molecule has 0 fully saturated rings. The van der Waals surface area contributed by atoms with Gasteiger partial charge in [-0.05, 0) is 25.7 Å². The lowest BCUT2D eigenvalue weighted by molar-refractivity contribution is 0.180. The molecule has 62 valence electrons. The standard InChI is InChI=1S/C8H17IO/c1-6(2)8(9)5-4-7(3)10/h6-8,10H,4-5H2,1-3H3. The summed E-state index contributed by atoms with van der Waals surface area (Å²) in [6.07, 6.45) is 1.94. The lowest BCUT2D eigenvalue weighted by atomic mass is 10.0. The maximum atomic E-state index is 8.98. The van der Waals surface area contributed by atoms with Crippen LogP contribution in [0.15, 0.2) is 0 Å². The average Bonchev–Trinajstić information content (AvgIpc) is 1.82. The van der Waals surface area contributed by atoms with Crippen molar-refractivity contribution in [1.29, 1.82) is 0 Å². The number of halogens is 1. The fourth-order valence-electron chi connectivity index (χ4n) is 0.734. The Morgan fingerprint density at radius 3 is 2.00 bits per heavy atom. The molecule has 0 aliphatic heterocycles. The Kier molecular flexibility index (Phi) is 5.72. The summed E-state index contributed by atoms with van der Waals surface area (Å²) in [5.41, 5.74) is 0. The molecule has 2 heteroatoms. The normalized spacial score (nSPS) is 17.4. The van der Waals surface area contributed by atoms with Gasteiger partial charge in [0, 0.05) is 3.92 Å². The molecular formula is C8H17IO. The van der Waals surface area contributed by atoms with Crippen molar-refractivity contribution in [2.24, 2.45) is 5.92 Å². The molecule has 0 aromatic rings. The van der Waals surface area contributed by atoms with Crippen molar-refractivity contribution in [2.75, 3.05) is 0 Å². The molecule has 0 aliphatic rings. The molecule has 0 bridgehead atoms. The van der Waals surface area contributed by atoms with E-state index in [1.165, 1.54) is 0 Å². The molecule has 1 N–H and O–H groups in total. The SMILES string of the molecule is CC(O)CCC(I)C(C)C. The summed E-state index contributed by atoms with van der Waals surface area (Å²) in [7, 11) is 0. The van der Waals surface area contributed by atoms with E-state index in [9.17, 15) is 0 Å². The van der Waals surface area contributed by atoms with Crippen LogP contribution in [0.25, 0.3) is 0 Å². The van der Waals surface area contributed by atoms with Gasteiger partial charge in [0.15, 0.2) is 0 Å². The number of alkyl halides is 1. The molecular weight excluding hydrogens is 239 g/mol. The van der Waals surface area contributed by atoms with Crippen LogP contribution in [0, 0.1) is 5.92 Å². The molecule has 0 radical (unpaired) electrons. The monoisotopic (exact) mass is 256 g/mol. The molecule has 10 heavy (non-hydrogen) atoms. The first kappa shape index (κ1) is 10.7. The highest BCUT2D eigenvalue weighted by atomic mass is 127. The molecule has 2 unspecified atom stereocenters. The molecule has 0 saturated carbocycles. The zero-order chi connectivity index (χ0) is 8.15. The van der Waals surface area contributed by atoms with Crippen LogP contribution >= 0.6 is 22.6 Å². The summed E-state index contributed by atoms with van der Waals surface area (Å²) in [5, 5.41) is 8.98. The van der Waals surface area contributed by atoms with Crippen molar-refractivity contribution in [3.8, 4) is 0 Å². The van der Waals surface area contributed by atoms with Crippen LogP contribution in [0.1, 0.15) is 33.6 Å². The second-order valence-electron chi connectivity index (χ2n) is 3.19. The van der Waals surface area contributed by atoms with Gasteiger partial charge >= 0.3 is 0 Å². The number of aliphatic hydroxyl groups excluding tert-OH is 1. The maximum Gasteiger partial charge on any atom is 0.0512 e. The van der Waals surface area contributed by atoms with Crippen LogP contribution in [-0.2, 0) is 0 Å². The minimum Gasteiger partial charge on any atom is -0.393 e. The van der Waals surface area contributed by atoms with Crippen molar-refractivity contribution >= 4 is 22.6 Å². The van der Waals surface area contributed by atoms with E-state index < -0.39 is 0 Å². The summed E-state index contributed by atoms with van der Waals surface area (Å²) in [6, 6.07) is 0. The van der Waals surface area contributed by atoms with Gasteiger partial charge in [0.05, 0.1) is 6.10 Å². The average molecular weight is 256 g/mol. The van der Waals surface area contributed by atoms with Gasteiger partial charge in [0.2, 0.25) is 0 Å². The lowest BCUT2D eigenvalue weighted by Crippen LogP contribution is -2.10. The van der Waals surface area contributed by atoms with Crippen molar-refractivity contribution < 1.29 is 5.11 Å². The van der Waals surface area contributed by atoms with E-state index in [-0.39, 0.29) is 6.10 Å².